The molecular weight excluding hydrogens is 378 g/mol. The fraction of sp³-hybridized carbons (Fsp3) is 0.261. The Labute approximate surface area is 174 Å². The first-order chi connectivity index (χ1) is 14.5. The number of para-hydroxylation sites is 3. The molecule has 2 aromatic carbocycles. The zero-order valence-electron chi connectivity index (χ0n) is 17.3. The standard InChI is InChI=1S/C23H25N5O2/c1-4-14(2)25-23(29)19-20-22(27-17-11-7-6-10-16(17)26-20)28(21(19)24)13-15-9-5-8-12-18(15)30-3/h5-12,14H,4,13,24H2,1-3H3,(H,25,29). The number of nitrogens with two attached hydrogens (primary N) is 1. The molecule has 4 rings (SSSR count). The van der Waals surface area contributed by atoms with E-state index >= 15 is 0 Å². The summed E-state index contributed by atoms with van der Waals surface area (Å²) in [5.74, 6) is 0.848. The van der Waals surface area contributed by atoms with Crippen LogP contribution in [0, 0.1) is 0 Å². The van der Waals surface area contributed by atoms with E-state index in [1.165, 1.54) is 0 Å². The molecule has 0 aliphatic heterocycles. The summed E-state index contributed by atoms with van der Waals surface area (Å²) in [5.41, 5.74) is 10.4. The molecule has 30 heavy (non-hydrogen) atoms. The van der Waals surface area contributed by atoms with Crippen molar-refractivity contribution >= 4 is 33.9 Å². The van der Waals surface area contributed by atoms with Crippen molar-refractivity contribution in [2.75, 3.05) is 12.8 Å². The Hall–Kier alpha value is -3.61. The van der Waals surface area contributed by atoms with E-state index in [1.807, 2.05) is 66.9 Å². The van der Waals surface area contributed by atoms with E-state index in [0.29, 0.717) is 29.1 Å². The molecule has 1 unspecified atom stereocenters. The Bertz CT molecular complexity index is 1230. The molecule has 0 bridgehead atoms. The summed E-state index contributed by atoms with van der Waals surface area (Å²) in [4.78, 5) is 22.6. The fourth-order valence-electron chi connectivity index (χ4n) is 3.50. The molecule has 0 spiro atoms. The van der Waals surface area contributed by atoms with Crippen LogP contribution in [0.15, 0.2) is 48.5 Å². The lowest BCUT2D eigenvalue weighted by atomic mass is 10.2. The number of carbonyl (C=O) groups is 1. The van der Waals surface area contributed by atoms with Gasteiger partial charge in [-0.2, -0.15) is 0 Å². The second-order valence-corrected chi connectivity index (χ2v) is 7.33. The van der Waals surface area contributed by atoms with Crippen LogP contribution in [0.2, 0.25) is 0 Å². The molecule has 0 aliphatic rings. The van der Waals surface area contributed by atoms with Crippen LogP contribution in [0.25, 0.3) is 22.2 Å². The molecule has 2 heterocycles. The predicted octanol–water partition coefficient (Wildman–Crippen LogP) is 3.75. The zero-order chi connectivity index (χ0) is 21.3. The summed E-state index contributed by atoms with van der Waals surface area (Å²) in [6, 6.07) is 15.3. The van der Waals surface area contributed by atoms with Gasteiger partial charge in [-0.15, -0.1) is 0 Å². The third-order valence-electron chi connectivity index (χ3n) is 5.33. The summed E-state index contributed by atoms with van der Waals surface area (Å²) >= 11 is 0. The second kappa shape index (κ2) is 8.02. The minimum atomic E-state index is -0.241. The van der Waals surface area contributed by atoms with E-state index in [9.17, 15) is 4.79 Å². The Balaban J connectivity index is 1.93. The minimum absolute atomic E-state index is 0.0259. The summed E-state index contributed by atoms with van der Waals surface area (Å²) in [6.45, 7) is 4.39. The van der Waals surface area contributed by atoms with Crippen molar-refractivity contribution in [1.82, 2.24) is 19.9 Å². The lowest BCUT2D eigenvalue weighted by molar-refractivity contribution is 0.0941. The van der Waals surface area contributed by atoms with Gasteiger partial charge >= 0.3 is 0 Å². The largest absolute Gasteiger partial charge is 0.496 e. The third kappa shape index (κ3) is 3.43. The van der Waals surface area contributed by atoms with E-state index in [4.69, 9.17) is 20.4 Å². The van der Waals surface area contributed by atoms with Crippen LogP contribution in [0.4, 0.5) is 5.82 Å². The van der Waals surface area contributed by atoms with Crippen molar-refractivity contribution in [2.24, 2.45) is 0 Å². The van der Waals surface area contributed by atoms with Crippen LogP contribution in [-0.4, -0.2) is 33.6 Å². The Morgan fingerprint density at radius 1 is 1.13 bits per heavy atom. The molecule has 0 saturated carbocycles. The topological polar surface area (TPSA) is 95.1 Å². The van der Waals surface area contributed by atoms with Gasteiger partial charge in [-0.05, 0) is 31.5 Å². The van der Waals surface area contributed by atoms with Crippen molar-refractivity contribution < 1.29 is 9.53 Å². The molecule has 4 aromatic rings. The first-order valence-electron chi connectivity index (χ1n) is 10.0. The number of benzene rings is 2. The number of hydrogen-bond acceptors (Lipinski definition) is 5. The smallest absolute Gasteiger partial charge is 0.257 e. The molecule has 0 aliphatic carbocycles. The molecule has 0 fully saturated rings. The van der Waals surface area contributed by atoms with Crippen LogP contribution in [0.5, 0.6) is 5.75 Å². The number of fused-ring (bicyclic) bond motifs is 2. The van der Waals surface area contributed by atoms with Gasteiger partial charge in [0.15, 0.2) is 5.65 Å². The van der Waals surface area contributed by atoms with Gasteiger partial charge in [0.1, 0.15) is 22.6 Å². The Morgan fingerprint density at radius 3 is 2.50 bits per heavy atom. The average molecular weight is 403 g/mol. The molecule has 2 aromatic heterocycles. The van der Waals surface area contributed by atoms with Crippen LogP contribution in [0.3, 0.4) is 0 Å². The highest BCUT2D eigenvalue weighted by Crippen LogP contribution is 2.30. The van der Waals surface area contributed by atoms with Crippen molar-refractivity contribution in [3.05, 3.63) is 59.7 Å². The zero-order valence-corrected chi connectivity index (χ0v) is 17.3. The molecule has 154 valence electrons. The number of aromatic nitrogens is 3. The lowest BCUT2D eigenvalue weighted by Gasteiger charge is -2.12. The number of ether oxygens (including phenoxy) is 1. The number of anilines is 1. The van der Waals surface area contributed by atoms with Gasteiger partial charge in [0.05, 0.1) is 24.7 Å². The average Bonchev–Trinajstić information content (AvgIpc) is 3.02. The maximum Gasteiger partial charge on any atom is 0.257 e. The first-order valence-corrected chi connectivity index (χ1v) is 10.0. The number of hydrogen-bond donors (Lipinski definition) is 2. The minimum Gasteiger partial charge on any atom is -0.496 e. The highest BCUT2D eigenvalue weighted by atomic mass is 16.5. The molecule has 3 N–H and O–H groups in total. The van der Waals surface area contributed by atoms with Gasteiger partial charge < -0.3 is 20.4 Å². The van der Waals surface area contributed by atoms with Crippen LogP contribution < -0.4 is 15.8 Å². The predicted molar refractivity (Wildman–Crippen MR) is 119 cm³/mol. The molecule has 1 amide bonds. The molecule has 7 heteroatoms. The van der Waals surface area contributed by atoms with Crippen LogP contribution in [0.1, 0.15) is 36.2 Å². The maximum atomic E-state index is 13.1. The summed E-state index contributed by atoms with van der Waals surface area (Å²) < 4.78 is 7.32. The fourth-order valence-corrected chi connectivity index (χ4v) is 3.50. The number of carbonyl (C=O) groups excluding carboxylic acids is 1. The number of nitrogens with one attached hydrogen (secondary N) is 1. The van der Waals surface area contributed by atoms with E-state index in [0.717, 1.165) is 28.8 Å². The second-order valence-electron chi connectivity index (χ2n) is 7.33. The van der Waals surface area contributed by atoms with Gasteiger partial charge in [-0.3, -0.25) is 4.79 Å². The first kappa shape index (κ1) is 19.7. The monoisotopic (exact) mass is 403 g/mol. The van der Waals surface area contributed by atoms with Gasteiger partial charge in [0.2, 0.25) is 0 Å². The lowest BCUT2D eigenvalue weighted by Crippen LogP contribution is -2.32. The summed E-state index contributed by atoms with van der Waals surface area (Å²) in [6.07, 6.45) is 0.820. The molecular formula is C23H25N5O2. The van der Waals surface area contributed by atoms with E-state index in [1.54, 1.807) is 7.11 Å². The van der Waals surface area contributed by atoms with Crippen LogP contribution in [-0.2, 0) is 6.54 Å². The van der Waals surface area contributed by atoms with Crippen molar-refractivity contribution in [3.63, 3.8) is 0 Å². The molecule has 0 saturated heterocycles. The van der Waals surface area contributed by atoms with E-state index in [2.05, 4.69) is 5.32 Å². The van der Waals surface area contributed by atoms with Crippen LogP contribution >= 0.6 is 0 Å². The maximum absolute atomic E-state index is 13.1. The highest BCUT2D eigenvalue weighted by Gasteiger charge is 2.25. The quantitative estimate of drug-likeness (QED) is 0.511. The van der Waals surface area contributed by atoms with Crippen molar-refractivity contribution in [3.8, 4) is 5.75 Å². The summed E-state index contributed by atoms with van der Waals surface area (Å²) in [5, 5.41) is 3.00. The summed E-state index contributed by atoms with van der Waals surface area (Å²) in [7, 11) is 1.63. The Kier molecular flexibility index (Phi) is 5.27. The number of amides is 1. The number of methoxy groups -OCH3 is 1. The Morgan fingerprint density at radius 2 is 1.80 bits per heavy atom. The SMILES string of the molecule is CCC(C)NC(=O)c1c(N)n(Cc2ccccc2OC)c2nc3ccccc3nc12. The molecule has 0 radical (unpaired) electrons. The molecule has 1 atom stereocenters. The number of nitrogen functional groups attached to an aromatic ring is 1. The van der Waals surface area contributed by atoms with Gasteiger partial charge in [0, 0.05) is 11.6 Å². The number of rotatable bonds is 6. The van der Waals surface area contributed by atoms with Crippen molar-refractivity contribution in [1.29, 1.82) is 0 Å². The van der Waals surface area contributed by atoms with Gasteiger partial charge in [-0.1, -0.05) is 37.3 Å². The molecule has 7 nitrogen and oxygen atoms in total. The third-order valence-corrected chi connectivity index (χ3v) is 5.33. The normalized spacial score (nSPS) is 12.2. The number of nitrogens with zero attached hydrogens (tertiary/aromatic N) is 3. The van der Waals surface area contributed by atoms with Gasteiger partial charge in [0.25, 0.3) is 5.91 Å². The van der Waals surface area contributed by atoms with E-state index in [-0.39, 0.29) is 11.9 Å². The van der Waals surface area contributed by atoms with E-state index < -0.39 is 0 Å². The van der Waals surface area contributed by atoms with Crippen molar-refractivity contribution in [2.45, 2.75) is 32.9 Å². The van der Waals surface area contributed by atoms with Gasteiger partial charge in [-0.25, -0.2) is 9.97 Å². The highest BCUT2D eigenvalue weighted by molar-refractivity contribution is 6.10.